The summed E-state index contributed by atoms with van der Waals surface area (Å²) in [4.78, 5) is 0.0407. The largest absolute Gasteiger partial charge is 0.370 e. The van der Waals surface area contributed by atoms with E-state index in [4.69, 9.17) is 16.3 Å². The highest BCUT2D eigenvalue weighted by Crippen LogP contribution is 2.36. The summed E-state index contributed by atoms with van der Waals surface area (Å²) in [7, 11) is -3.86. The van der Waals surface area contributed by atoms with Crippen LogP contribution in [0.2, 0.25) is 5.02 Å². The second kappa shape index (κ2) is 6.68. The lowest BCUT2D eigenvalue weighted by Crippen LogP contribution is -2.56. The molecule has 0 radical (unpaired) electrons. The number of nitrogens with zero attached hydrogens (tertiary/aromatic N) is 1. The van der Waals surface area contributed by atoms with Crippen LogP contribution in [0.25, 0.3) is 0 Å². The third-order valence-electron chi connectivity index (χ3n) is 4.30. The number of benzene rings is 2. The fraction of sp³-hybridized carbons (Fsp3) is 0.333. The van der Waals surface area contributed by atoms with Gasteiger partial charge >= 0.3 is 0 Å². The van der Waals surface area contributed by atoms with Crippen molar-refractivity contribution < 1.29 is 17.5 Å². The van der Waals surface area contributed by atoms with Crippen molar-refractivity contribution in [2.75, 3.05) is 13.2 Å². The molecule has 1 atom stereocenters. The molecule has 4 nitrogen and oxygen atoms in total. The zero-order valence-corrected chi connectivity index (χ0v) is 15.5. The normalized spacial score (nSPS) is 21.2. The summed E-state index contributed by atoms with van der Waals surface area (Å²) in [6.45, 7) is 3.72. The summed E-state index contributed by atoms with van der Waals surface area (Å²) in [6.07, 6.45) is -0.675. The molecule has 1 aliphatic heterocycles. The third kappa shape index (κ3) is 3.44. The SMILES string of the molecule is CC1(C)COC(c2ccccc2F)CN1S(=O)(=O)c1ccccc1Cl. The van der Waals surface area contributed by atoms with Gasteiger partial charge in [0.2, 0.25) is 10.0 Å². The van der Waals surface area contributed by atoms with Gasteiger partial charge in [0.05, 0.1) is 23.3 Å². The van der Waals surface area contributed by atoms with Gasteiger partial charge in [0, 0.05) is 12.1 Å². The van der Waals surface area contributed by atoms with E-state index >= 15 is 0 Å². The maximum absolute atomic E-state index is 14.1. The first-order chi connectivity index (χ1) is 11.7. The molecule has 0 aliphatic carbocycles. The van der Waals surface area contributed by atoms with Gasteiger partial charge in [-0.2, -0.15) is 4.31 Å². The molecule has 1 aliphatic rings. The van der Waals surface area contributed by atoms with E-state index in [1.165, 1.54) is 22.5 Å². The minimum Gasteiger partial charge on any atom is -0.370 e. The summed E-state index contributed by atoms with van der Waals surface area (Å²) >= 11 is 6.10. The predicted molar refractivity (Wildman–Crippen MR) is 94.5 cm³/mol. The van der Waals surface area contributed by atoms with Crippen LogP contribution in [-0.2, 0) is 14.8 Å². The van der Waals surface area contributed by atoms with Crippen LogP contribution in [0.3, 0.4) is 0 Å². The van der Waals surface area contributed by atoms with E-state index in [1.807, 2.05) is 0 Å². The van der Waals surface area contributed by atoms with Gasteiger partial charge in [-0.05, 0) is 32.0 Å². The number of halogens is 2. The third-order valence-corrected chi connectivity index (χ3v) is 6.88. The fourth-order valence-electron chi connectivity index (χ4n) is 2.95. The molecule has 2 aromatic carbocycles. The maximum Gasteiger partial charge on any atom is 0.245 e. The highest BCUT2D eigenvalue weighted by molar-refractivity contribution is 7.89. The van der Waals surface area contributed by atoms with Crippen LogP contribution in [0.1, 0.15) is 25.5 Å². The Bertz CT molecular complexity index is 885. The lowest BCUT2D eigenvalue weighted by molar-refractivity contribution is -0.0667. The highest BCUT2D eigenvalue weighted by atomic mass is 35.5. The quantitative estimate of drug-likeness (QED) is 0.804. The highest BCUT2D eigenvalue weighted by Gasteiger charge is 2.44. The molecule has 0 amide bonds. The first-order valence-electron chi connectivity index (χ1n) is 7.87. The van der Waals surface area contributed by atoms with Crippen molar-refractivity contribution in [3.8, 4) is 0 Å². The first kappa shape index (κ1) is 18.3. The van der Waals surface area contributed by atoms with Crippen LogP contribution in [-0.4, -0.2) is 31.4 Å². The first-order valence-corrected chi connectivity index (χ1v) is 9.69. The molecule has 134 valence electrons. The number of ether oxygens (including phenoxy) is 1. The monoisotopic (exact) mass is 383 g/mol. The lowest BCUT2D eigenvalue weighted by Gasteiger charge is -2.44. The van der Waals surface area contributed by atoms with Crippen molar-refractivity contribution in [3.05, 3.63) is 64.9 Å². The predicted octanol–water partition coefficient (Wildman–Crippen LogP) is 4.02. The zero-order valence-electron chi connectivity index (χ0n) is 13.9. The van der Waals surface area contributed by atoms with Crippen LogP contribution in [0.4, 0.5) is 4.39 Å². The standard InChI is InChI=1S/C18H19ClFNO3S/c1-18(2)12-24-16(13-7-3-5-9-15(13)20)11-21(18)25(22,23)17-10-6-4-8-14(17)19/h3-10,16H,11-12H2,1-2H3. The molecule has 0 spiro atoms. The molecule has 0 saturated carbocycles. The Hall–Kier alpha value is -1.47. The van der Waals surface area contributed by atoms with E-state index < -0.39 is 27.5 Å². The molecule has 25 heavy (non-hydrogen) atoms. The second-order valence-corrected chi connectivity index (χ2v) is 8.84. The zero-order chi connectivity index (χ0) is 18.2. The Balaban J connectivity index is 2.01. The number of sulfonamides is 1. The molecular formula is C18H19ClFNO3S. The van der Waals surface area contributed by atoms with E-state index in [2.05, 4.69) is 0 Å². The van der Waals surface area contributed by atoms with Crippen molar-refractivity contribution >= 4 is 21.6 Å². The Labute approximate surface area is 152 Å². The lowest BCUT2D eigenvalue weighted by atomic mass is 10.0. The van der Waals surface area contributed by atoms with Crippen molar-refractivity contribution in [2.45, 2.75) is 30.4 Å². The maximum atomic E-state index is 14.1. The van der Waals surface area contributed by atoms with Gasteiger partial charge in [-0.1, -0.05) is 41.9 Å². The van der Waals surface area contributed by atoms with Crippen LogP contribution in [0.15, 0.2) is 53.4 Å². The number of morpholine rings is 1. The van der Waals surface area contributed by atoms with Crippen LogP contribution < -0.4 is 0 Å². The average molecular weight is 384 g/mol. The van der Waals surface area contributed by atoms with Gasteiger partial charge in [0.15, 0.2) is 0 Å². The average Bonchev–Trinajstić information content (AvgIpc) is 2.55. The summed E-state index contributed by atoms with van der Waals surface area (Å²) in [5.41, 5.74) is -0.433. The van der Waals surface area contributed by atoms with Gasteiger partial charge in [-0.15, -0.1) is 0 Å². The van der Waals surface area contributed by atoms with Crippen molar-refractivity contribution in [2.24, 2.45) is 0 Å². The van der Waals surface area contributed by atoms with E-state index in [0.717, 1.165) is 0 Å². The summed E-state index contributed by atoms with van der Waals surface area (Å²) in [5.74, 6) is -0.415. The van der Waals surface area contributed by atoms with Crippen LogP contribution in [0.5, 0.6) is 0 Å². The van der Waals surface area contributed by atoms with Gasteiger partial charge in [-0.3, -0.25) is 0 Å². The van der Waals surface area contributed by atoms with Crippen LogP contribution in [0, 0.1) is 5.82 Å². The second-order valence-electron chi connectivity index (χ2n) is 6.60. The Morgan fingerprint density at radius 1 is 1.16 bits per heavy atom. The molecule has 1 fully saturated rings. The molecule has 0 N–H and O–H groups in total. The summed E-state index contributed by atoms with van der Waals surface area (Å²) < 4.78 is 47.6. The Morgan fingerprint density at radius 3 is 2.48 bits per heavy atom. The smallest absolute Gasteiger partial charge is 0.245 e. The molecule has 7 heteroatoms. The Kier molecular flexibility index (Phi) is 4.90. The van der Waals surface area contributed by atoms with Gasteiger partial charge in [-0.25, -0.2) is 12.8 Å². The van der Waals surface area contributed by atoms with E-state index in [-0.39, 0.29) is 23.1 Å². The van der Waals surface area contributed by atoms with E-state index in [9.17, 15) is 12.8 Å². The number of hydrogen-bond acceptors (Lipinski definition) is 3. The molecule has 1 heterocycles. The Morgan fingerprint density at radius 2 is 1.80 bits per heavy atom. The number of hydrogen-bond donors (Lipinski definition) is 0. The minimum absolute atomic E-state index is 0.0154. The molecule has 1 unspecified atom stereocenters. The molecule has 2 aromatic rings. The van der Waals surface area contributed by atoms with E-state index in [0.29, 0.717) is 5.56 Å². The fourth-order valence-corrected chi connectivity index (χ4v) is 5.21. The van der Waals surface area contributed by atoms with Crippen molar-refractivity contribution in [1.29, 1.82) is 0 Å². The molecule has 1 saturated heterocycles. The summed E-state index contributed by atoms with van der Waals surface area (Å²) in [6, 6.07) is 12.5. The molecular weight excluding hydrogens is 365 g/mol. The van der Waals surface area contributed by atoms with Gasteiger partial charge < -0.3 is 4.74 Å². The molecule has 0 aromatic heterocycles. The van der Waals surface area contributed by atoms with Crippen LogP contribution >= 0.6 is 11.6 Å². The van der Waals surface area contributed by atoms with Gasteiger partial charge in [0.25, 0.3) is 0 Å². The minimum atomic E-state index is -3.86. The van der Waals surface area contributed by atoms with Crippen molar-refractivity contribution in [3.63, 3.8) is 0 Å². The molecule has 3 rings (SSSR count). The topological polar surface area (TPSA) is 46.6 Å². The van der Waals surface area contributed by atoms with Crippen molar-refractivity contribution in [1.82, 2.24) is 4.31 Å². The van der Waals surface area contributed by atoms with Gasteiger partial charge in [0.1, 0.15) is 10.7 Å². The van der Waals surface area contributed by atoms with E-state index in [1.54, 1.807) is 44.2 Å². The summed E-state index contributed by atoms with van der Waals surface area (Å²) in [5, 5.41) is 0.159. The number of rotatable bonds is 3. The molecule has 0 bridgehead atoms.